The van der Waals surface area contributed by atoms with Gasteiger partial charge in [0.05, 0.1) is 11.0 Å². The van der Waals surface area contributed by atoms with Gasteiger partial charge < -0.3 is 0 Å². The van der Waals surface area contributed by atoms with E-state index in [-0.39, 0.29) is 0 Å². The Morgan fingerprint density at radius 1 is 1.60 bits per heavy atom. The predicted molar refractivity (Wildman–Crippen MR) is 24.9 cm³/mol. The summed E-state index contributed by atoms with van der Waals surface area (Å²) in [6.07, 6.45) is 0. The summed E-state index contributed by atoms with van der Waals surface area (Å²) in [5.74, 6) is 0.838. The molecule has 28 valence electrons. The molecule has 0 radical (unpaired) electrons. The van der Waals surface area contributed by atoms with Gasteiger partial charge in [-0.05, 0) is 10.8 Å². The Hall–Kier alpha value is 0.300. The molecule has 5 heavy (non-hydrogen) atoms. The molecule has 0 saturated carbocycles. The molecule has 1 aliphatic heterocycles. The van der Waals surface area contributed by atoms with Crippen molar-refractivity contribution in [2.45, 2.75) is 0 Å². The molecule has 4 heteroatoms. The van der Waals surface area contributed by atoms with E-state index < -0.39 is 0 Å². The van der Waals surface area contributed by atoms with Gasteiger partial charge in [0.1, 0.15) is 5.88 Å². The lowest BCUT2D eigenvalue weighted by atomic mass is 11.5. The lowest BCUT2D eigenvalue weighted by Crippen LogP contribution is -1.45. The summed E-state index contributed by atoms with van der Waals surface area (Å²) < 4.78 is 3.59. The number of hydrogen-bond acceptors (Lipinski definition) is 4. The van der Waals surface area contributed by atoms with Crippen LogP contribution in [0.2, 0.25) is 0 Å². The Balaban J connectivity index is 2.32. The minimum Gasteiger partial charge on any atom is -0.169 e. The van der Waals surface area contributed by atoms with Crippen LogP contribution in [0.5, 0.6) is 0 Å². The zero-order chi connectivity index (χ0) is 3.54. The molecule has 0 aromatic carbocycles. The lowest BCUT2D eigenvalue weighted by Gasteiger charge is -1.62. The molecule has 0 aromatic heterocycles. The van der Waals surface area contributed by atoms with Crippen molar-refractivity contribution in [2.24, 2.45) is 9.63 Å². The van der Waals surface area contributed by atoms with Crippen LogP contribution < -0.4 is 0 Å². The minimum atomic E-state index is 0.838. The molecule has 2 nitrogen and oxygen atoms in total. The molecule has 0 aliphatic carbocycles. The molecule has 0 aromatic rings. The van der Waals surface area contributed by atoms with Crippen molar-refractivity contribution in [2.75, 3.05) is 5.88 Å². The summed E-state index contributed by atoms with van der Waals surface area (Å²) in [6.45, 7) is 0. The third kappa shape index (κ3) is 0.810. The summed E-state index contributed by atoms with van der Waals surface area (Å²) in [6, 6.07) is 0. The first-order valence-corrected chi connectivity index (χ1v) is 3.43. The summed E-state index contributed by atoms with van der Waals surface area (Å²) >= 11 is 0. The third-order valence-corrected chi connectivity index (χ3v) is 1.60. The molecule has 0 atom stereocenters. The Kier molecular flexibility index (Phi) is 1.16. The van der Waals surface area contributed by atoms with E-state index in [1.807, 2.05) is 0 Å². The first kappa shape index (κ1) is 3.49. The second-order valence-electron chi connectivity index (χ2n) is 0.545. The molecule has 0 bridgehead atoms. The fraction of sp³-hybridized carbons (Fsp3) is 1.00. The van der Waals surface area contributed by atoms with E-state index in [0.717, 1.165) is 5.88 Å². The SMILES string of the molecule is C1N=NSS1. The highest BCUT2D eigenvalue weighted by Gasteiger charge is 1.89. The van der Waals surface area contributed by atoms with Crippen LogP contribution in [0.4, 0.5) is 0 Å². The van der Waals surface area contributed by atoms with Gasteiger partial charge in [-0.1, -0.05) is 0 Å². The van der Waals surface area contributed by atoms with Crippen LogP contribution in [0, 0.1) is 0 Å². The number of rotatable bonds is 0. The zero-order valence-electron chi connectivity index (χ0n) is 2.42. The molecule has 0 N–H and O–H groups in total. The van der Waals surface area contributed by atoms with Crippen LogP contribution in [0.25, 0.3) is 0 Å². The topological polar surface area (TPSA) is 24.7 Å². The van der Waals surface area contributed by atoms with Crippen molar-refractivity contribution >= 4 is 21.8 Å². The fourth-order valence-electron chi connectivity index (χ4n) is 0.118. The normalized spacial score (nSPS) is 20.8. The van der Waals surface area contributed by atoms with Gasteiger partial charge in [0.15, 0.2) is 0 Å². The molecule has 0 unspecified atom stereocenters. The van der Waals surface area contributed by atoms with Gasteiger partial charge in [0.2, 0.25) is 0 Å². The quantitative estimate of drug-likeness (QED) is 0.347. The van der Waals surface area contributed by atoms with Crippen LogP contribution >= 0.6 is 21.8 Å². The van der Waals surface area contributed by atoms with Gasteiger partial charge in [-0.3, -0.25) is 0 Å². The molecule has 1 rings (SSSR count). The van der Waals surface area contributed by atoms with Gasteiger partial charge in [-0.25, -0.2) is 0 Å². The van der Waals surface area contributed by atoms with Crippen LogP contribution in [0.1, 0.15) is 0 Å². The van der Waals surface area contributed by atoms with Gasteiger partial charge in [0, 0.05) is 0 Å². The maximum atomic E-state index is 3.63. The highest BCUT2D eigenvalue weighted by Crippen LogP contribution is 2.28. The van der Waals surface area contributed by atoms with E-state index in [2.05, 4.69) is 9.63 Å². The van der Waals surface area contributed by atoms with Gasteiger partial charge in [-0.2, -0.15) is 5.11 Å². The fourth-order valence-corrected chi connectivity index (χ4v) is 1.06. The van der Waals surface area contributed by atoms with Gasteiger partial charge in [0.25, 0.3) is 0 Å². The minimum absolute atomic E-state index is 0.838. The third-order valence-electron chi connectivity index (χ3n) is 0.254. The number of nitrogens with zero attached hydrogens (tertiary/aromatic N) is 2. The molecule has 0 spiro atoms. The van der Waals surface area contributed by atoms with Crippen LogP contribution in [-0.2, 0) is 0 Å². The molecule has 1 heterocycles. The molecule has 0 amide bonds. The molecular formula is CH2N2S2. The summed E-state index contributed by atoms with van der Waals surface area (Å²) in [7, 11) is 3.11. The van der Waals surface area contributed by atoms with E-state index in [4.69, 9.17) is 0 Å². The second-order valence-corrected chi connectivity index (χ2v) is 2.51. The largest absolute Gasteiger partial charge is 0.169 e. The standard InChI is InChI=1S/CH2N2S2/c1-2-3-5-4-1/h1H2. The van der Waals surface area contributed by atoms with Gasteiger partial charge >= 0.3 is 0 Å². The summed E-state index contributed by atoms with van der Waals surface area (Å²) in [5, 5.41) is 3.63. The van der Waals surface area contributed by atoms with Crippen molar-refractivity contribution < 1.29 is 0 Å². The predicted octanol–water partition coefficient (Wildman–Crippen LogP) is 1.71. The van der Waals surface area contributed by atoms with E-state index in [1.165, 1.54) is 11.0 Å². The van der Waals surface area contributed by atoms with Crippen LogP contribution in [0.3, 0.4) is 0 Å². The maximum absolute atomic E-state index is 3.63. The van der Waals surface area contributed by atoms with Crippen molar-refractivity contribution in [1.29, 1.82) is 0 Å². The molecule has 0 fully saturated rings. The maximum Gasteiger partial charge on any atom is 0.118 e. The van der Waals surface area contributed by atoms with Crippen molar-refractivity contribution in [3.63, 3.8) is 0 Å². The average Bonchev–Trinajstić information content (AvgIpc) is 1.76. The Morgan fingerprint density at radius 2 is 2.60 bits per heavy atom. The Bertz CT molecular complexity index is 45.6. The summed E-state index contributed by atoms with van der Waals surface area (Å²) in [4.78, 5) is 0. The van der Waals surface area contributed by atoms with Gasteiger partial charge in [-0.15, -0.1) is 4.52 Å². The smallest absolute Gasteiger partial charge is 0.118 e. The first-order chi connectivity index (χ1) is 2.50. The van der Waals surface area contributed by atoms with E-state index in [9.17, 15) is 0 Å². The zero-order valence-corrected chi connectivity index (χ0v) is 4.05. The van der Waals surface area contributed by atoms with Crippen LogP contribution in [-0.4, -0.2) is 5.88 Å². The second kappa shape index (κ2) is 1.67. The van der Waals surface area contributed by atoms with Crippen LogP contribution in [0.15, 0.2) is 9.63 Å². The van der Waals surface area contributed by atoms with E-state index in [1.54, 1.807) is 10.8 Å². The van der Waals surface area contributed by atoms with Crippen molar-refractivity contribution in [3.05, 3.63) is 0 Å². The Labute approximate surface area is 38.0 Å². The highest BCUT2D eigenvalue weighted by molar-refractivity contribution is 8.76. The molecule has 1 aliphatic rings. The average molecular weight is 106 g/mol. The monoisotopic (exact) mass is 106 g/mol. The van der Waals surface area contributed by atoms with Crippen molar-refractivity contribution in [1.82, 2.24) is 0 Å². The number of hydrogen-bond donors (Lipinski definition) is 0. The van der Waals surface area contributed by atoms with E-state index >= 15 is 0 Å². The van der Waals surface area contributed by atoms with Crippen molar-refractivity contribution in [3.8, 4) is 0 Å². The highest BCUT2D eigenvalue weighted by atomic mass is 33.1. The summed E-state index contributed by atoms with van der Waals surface area (Å²) in [5.41, 5.74) is 0. The Morgan fingerprint density at radius 3 is 2.80 bits per heavy atom. The lowest BCUT2D eigenvalue weighted by molar-refractivity contribution is 1.23. The molecule has 0 saturated heterocycles. The molecular weight excluding hydrogens is 104 g/mol. The first-order valence-electron chi connectivity index (χ1n) is 1.15. The van der Waals surface area contributed by atoms with E-state index in [0.29, 0.717) is 0 Å².